The van der Waals surface area contributed by atoms with Crippen LogP contribution in [0, 0.1) is 22.2 Å². The average molecular weight is 196 g/mol. The Morgan fingerprint density at radius 2 is 2.14 bits per heavy atom. The molecule has 0 unspecified atom stereocenters. The molecule has 0 saturated heterocycles. The van der Waals surface area contributed by atoms with Crippen molar-refractivity contribution in [2.24, 2.45) is 10.8 Å². The van der Waals surface area contributed by atoms with E-state index in [1.54, 1.807) is 0 Å². The zero-order valence-electron chi connectivity index (χ0n) is 9.14. The molecule has 3 nitrogen and oxygen atoms in total. The lowest BCUT2D eigenvalue weighted by Crippen LogP contribution is -2.29. The average Bonchev–Trinajstić information content (AvgIpc) is 2.94. The van der Waals surface area contributed by atoms with Crippen LogP contribution in [0.4, 0.5) is 0 Å². The molecule has 0 heterocycles. The first-order chi connectivity index (χ1) is 6.54. The molecule has 0 amide bonds. The highest BCUT2D eigenvalue weighted by atomic mass is 16.3. The normalized spacial score (nSPS) is 19.0. The maximum atomic E-state index is 9.07. The minimum atomic E-state index is -0.233. The zero-order chi connectivity index (χ0) is 10.7. The summed E-state index contributed by atoms with van der Waals surface area (Å²) in [5, 5.41) is 21.2. The van der Waals surface area contributed by atoms with Crippen LogP contribution in [0.2, 0.25) is 0 Å². The summed E-state index contributed by atoms with van der Waals surface area (Å²) in [7, 11) is 0. The summed E-state index contributed by atoms with van der Waals surface area (Å²) in [6.07, 6.45) is 3.14. The Morgan fingerprint density at radius 1 is 1.50 bits per heavy atom. The Kier molecular flexibility index (Phi) is 3.52. The van der Waals surface area contributed by atoms with Crippen molar-refractivity contribution in [2.45, 2.75) is 33.1 Å². The van der Waals surface area contributed by atoms with Gasteiger partial charge in [0.05, 0.1) is 11.5 Å². The summed E-state index contributed by atoms with van der Waals surface area (Å²) in [6, 6.07) is 2.28. The molecule has 14 heavy (non-hydrogen) atoms. The van der Waals surface area contributed by atoms with E-state index < -0.39 is 0 Å². The van der Waals surface area contributed by atoms with Gasteiger partial charge in [0.15, 0.2) is 0 Å². The van der Waals surface area contributed by atoms with Crippen LogP contribution in [0.1, 0.15) is 33.1 Å². The predicted octanol–water partition coefficient (Wildman–Crippen LogP) is 1.29. The summed E-state index contributed by atoms with van der Waals surface area (Å²) in [5.41, 5.74) is -0.0558. The third kappa shape index (κ3) is 3.28. The van der Waals surface area contributed by atoms with Gasteiger partial charge in [-0.15, -0.1) is 0 Å². The van der Waals surface area contributed by atoms with Crippen molar-refractivity contribution < 1.29 is 5.11 Å². The van der Waals surface area contributed by atoms with Crippen molar-refractivity contribution in [2.75, 3.05) is 19.7 Å². The fourth-order valence-electron chi connectivity index (χ4n) is 1.38. The molecule has 1 fully saturated rings. The lowest BCUT2D eigenvalue weighted by molar-refractivity contribution is 0.207. The monoisotopic (exact) mass is 196 g/mol. The van der Waals surface area contributed by atoms with E-state index in [0.717, 1.165) is 32.4 Å². The van der Waals surface area contributed by atoms with Gasteiger partial charge in [0.1, 0.15) is 0 Å². The van der Waals surface area contributed by atoms with Crippen LogP contribution in [0.15, 0.2) is 0 Å². The molecule has 0 aromatic heterocycles. The zero-order valence-corrected chi connectivity index (χ0v) is 9.14. The maximum absolute atomic E-state index is 9.07. The summed E-state index contributed by atoms with van der Waals surface area (Å²) in [4.78, 5) is 0. The first-order valence-electron chi connectivity index (χ1n) is 5.26. The molecule has 0 aliphatic heterocycles. The number of nitriles is 1. The third-order valence-corrected chi connectivity index (χ3v) is 3.02. The molecule has 80 valence electrons. The van der Waals surface area contributed by atoms with E-state index in [2.05, 4.69) is 11.4 Å². The Labute approximate surface area is 86.1 Å². The van der Waals surface area contributed by atoms with Gasteiger partial charge in [-0.1, -0.05) is 0 Å². The maximum Gasteiger partial charge on any atom is 0.0684 e. The Hall–Kier alpha value is -0.590. The molecule has 2 N–H and O–H groups in total. The molecule has 0 aromatic rings. The van der Waals surface area contributed by atoms with Crippen molar-refractivity contribution in [1.29, 1.82) is 5.26 Å². The van der Waals surface area contributed by atoms with Gasteiger partial charge >= 0.3 is 0 Å². The third-order valence-electron chi connectivity index (χ3n) is 3.02. The van der Waals surface area contributed by atoms with Crippen LogP contribution >= 0.6 is 0 Å². The van der Waals surface area contributed by atoms with Gasteiger partial charge in [-0.3, -0.25) is 0 Å². The van der Waals surface area contributed by atoms with Crippen molar-refractivity contribution in [3.8, 4) is 6.07 Å². The van der Waals surface area contributed by atoms with E-state index in [1.165, 1.54) is 0 Å². The summed E-state index contributed by atoms with van der Waals surface area (Å²) < 4.78 is 0. The lowest BCUT2D eigenvalue weighted by atomic mass is 9.91. The van der Waals surface area contributed by atoms with Crippen molar-refractivity contribution >= 4 is 0 Å². The van der Waals surface area contributed by atoms with Crippen molar-refractivity contribution in [3.63, 3.8) is 0 Å². The first kappa shape index (κ1) is 11.5. The van der Waals surface area contributed by atoms with Gasteiger partial charge in [0.25, 0.3) is 0 Å². The molecule has 1 aliphatic rings. The molecule has 3 heteroatoms. The summed E-state index contributed by atoms with van der Waals surface area (Å²) >= 11 is 0. The first-order valence-corrected chi connectivity index (χ1v) is 5.26. The van der Waals surface area contributed by atoms with Crippen LogP contribution in [0.5, 0.6) is 0 Å². The Balaban J connectivity index is 2.09. The van der Waals surface area contributed by atoms with Gasteiger partial charge in [-0.2, -0.15) is 5.26 Å². The number of rotatable bonds is 6. The molecular formula is C11H20N2O. The van der Waals surface area contributed by atoms with Crippen LogP contribution in [0.25, 0.3) is 0 Å². The van der Waals surface area contributed by atoms with Crippen LogP contribution < -0.4 is 5.32 Å². The van der Waals surface area contributed by atoms with E-state index >= 15 is 0 Å². The van der Waals surface area contributed by atoms with Gasteiger partial charge in [-0.05, 0) is 39.7 Å². The molecular weight excluding hydrogens is 176 g/mol. The second-order valence-electron chi connectivity index (χ2n) is 5.08. The number of aliphatic hydroxyl groups is 1. The Bertz CT molecular complexity index is 226. The second kappa shape index (κ2) is 4.29. The SMILES string of the molecule is CC(C)(C#N)CCNCC1(CO)CC1. The van der Waals surface area contributed by atoms with Gasteiger partial charge < -0.3 is 10.4 Å². The van der Waals surface area contributed by atoms with Gasteiger partial charge in [-0.25, -0.2) is 0 Å². The topological polar surface area (TPSA) is 56.0 Å². The van der Waals surface area contributed by atoms with E-state index in [0.29, 0.717) is 6.61 Å². The number of hydrogen-bond acceptors (Lipinski definition) is 3. The molecule has 0 aromatic carbocycles. The number of hydrogen-bond donors (Lipinski definition) is 2. The highest BCUT2D eigenvalue weighted by Gasteiger charge is 2.41. The fourth-order valence-corrected chi connectivity index (χ4v) is 1.38. The van der Waals surface area contributed by atoms with E-state index in [-0.39, 0.29) is 10.8 Å². The second-order valence-corrected chi connectivity index (χ2v) is 5.08. The molecule has 0 bridgehead atoms. The van der Waals surface area contributed by atoms with Gasteiger partial charge in [0, 0.05) is 18.6 Å². The molecule has 1 rings (SSSR count). The highest BCUT2D eigenvalue weighted by molar-refractivity contribution is 4.95. The lowest BCUT2D eigenvalue weighted by Gasteiger charge is -2.17. The fraction of sp³-hybridized carbons (Fsp3) is 0.909. The molecule has 1 aliphatic carbocycles. The largest absolute Gasteiger partial charge is 0.396 e. The van der Waals surface area contributed by atoms with E-state index in [4.69, 9.17) is 10.4 Å². The van der Waals surface area contributed by atoms with E-state index in [1.807, 2.05) is 13.8 Å². The van der Waals surface area contributed by atoms with Crippen LogP contribution in [-0.4, -0.2) is 24.8 Å². The molecule has 0 spiro atoms. The minimum Gasteiger partial charge on any atom is -0.396 e. The van der Waals surface area contributed by atoms with Crippen molar-refractivity contribution in [1.82, 2.24) is 5.32 Å². The predicted molar refractivity (Wildman–Crippen MR) is 55.6 cm³/mol. The van der Waals surface area contributed by atoms with E-state index in [9.17, 15) is 0 Å². The number of aliphatic hydroxyl groups excluding tert-OH is 1. The standard InChI is InChI=1S/C11H20N2O/c1-10(2,7-12)5-6-13-8-11(9-14)3-4-11/h13-14H,3-6,8-9H2,1-2H3. The quantitative estimate of drug-likeness (QED) is 0.629. The smallest absolute Gasteiger partial charge is 0.0684 e. The summed E-state index contributed by atoms with van der Waals surface area (Å²) in [6.45, 7) is 5.95. The summed E-state index contributed by atoms with van der Waals surface area (Å²) in [5.74, 6) is 0. The van der Waals surface area contributed by atoms with Crippen molar-refractivity contribution in [3.05, 3.63) is 0 Å². The van der Waals surface area contributed by atoms with Gasteiger partial charge in [0.2, 0.25) is 0 Å². The number of nitrogens with zero attached hydrogens (tertiary/aromatic N) is 1. The van der Waals surface area contributed by atoms with Crippen LogP contribution in [-0.2, 0) is 0 Å². The number of nitrogens with one attached hydrogen (secondary N) is 1. The minimum absolute atomic E-state index is 0.177. The molecule has 1 saturated carbocycles. The molecule has 0 atom stereocenters. The van der Waals surface area contributed by atoms with Crippen LogP contribution in [0.3, 0.4) is 0 Å². The molecule has 0 radical (unpaired) electrons. The highest BCUT2D eigenvalue weighted by Crippen LogP contribution is 2.44. The Morgan fingerprint density at radius 3 is 2.57 bits per heavy atom.